The van der Waals surface area contributed by atoms with Gasteiger partial charge in [-0.3, -0.25) is 4.99 Å². The maximum atomic E-state index is 12.5. The molecular weight excluding hydrogens is 504 g/mol. The van der Waals surface area contributed by atoms with E-state index in [0.29, 0.717) is 30.5 Å². The summed E-state index contributed by atoms with van der Waals surface area (Å²) in [5.74, 6) is 1.39. The molecule has 1 heterocycles. The number of ether oxygens (including phenoxy) is 1. The van der Waals surface area contributed by atoms with Gasteiger partial charge in [-0.2, -0.15) is 13.2 Å². The predicted octanol–water partition coefficient (Wildman–Crippen LogP) is 4.47. The van der Waals surface area contributed by atoms with Crippen LogP contribution in [0.3, 0.4) is 0 Å². The first-order valence-corrected chi connectivity index (χ1v) is 9.37. The second-order valence-corrected chi connectivity index (χ2v) is 6.98. The van der Waals surface area contributed by atoms with Gasteiger partial charge in [0.1, 0.15) is 5.75 Å². The Bertz CT molecular complexity index is 748. The molecule has 0 aliphatic carbocycles. The van der Waals surface area contributed by atoms with Crippen LogP contribution in [0.5, 0.6) is 5.75 Å². The van der Waals surface area contributed by atoms with Crippen molar-refractivity contribution in [2.45, 2.75) is 39.1 Å². The number of nitrogens with zero attached hydrogens (tertiary/aromatic N) is 2. The lowest BCUT2D eigenvalue weighted by Crippen LogP contribution is -2.37. The SMILES string of the molecule is CN=C(NCCc1nc(C(F)(F)F)cs1)NCc1ccc(OC(C)C)cc1.I. The molecule has 1 aromatic heterocycles. The Hall–Kier alpha value is -1.56. The smallest absolute Gasteiger partial charge is 0.434 e. The van der Waals surface area contributed by atoms with Gasteiger partial charge in [0.25, 0.3) is 0 Å². The van der Waals surface area contributed by atoms with Crippen LogP contribution < -0.4 is 15.4 Å². The molecule has 0 saturated heterocycles. The fourth-order valence-electron chi connectivity index (χ4n) is 2.21. The largest absolute Gasteiger partial charge is 0.491 e. The van der Waals surface area contributed by atoms with Gasteiger partial charge in [-0.1, -0.05) is 12.1 Å². The number of aromatic nitrogens is 1. The molecule has 0 atom stereocenters. The van der Waals surface area contributed by atoms with E-state index >= 15 is 0 Å². The molecule has 0 radical (unpaired) electrons. The van der Waals surface area contributed by atoms with E-state index in [1.807, 2.05) is 38.1 Å². The number of nitrogens with one attached hydrogen (secondary N) is 2. The zero-order valence-electron chi connectivity index (χ0n) is 15.8. The number of hydrogen-bond donors (Lipinski definition) is 2. The molecule has 28 heavy (non-hydrogen) atoms. The third-order valence-corrected chi connectivity index (χ3v) is 4.36. The Morgan fingerprint density at radius 1 is 1.21 bits per heavy atom. The average molecular weight is 528 g/mol. The number of rotatable bonds is 7. The normalized spacial score (nSPS) is 11.9. The highest BCUT2D eigenvalue weighted by Gasteiger charge is 2.33. The fourth-order valence-corrected chi connectivity index (χ4v) is 3.01. The van der Waals surface area contributed by atoms with Gasteiger partial charge in [0, 0.05) is 31.9 Å². The third-order valence-electron chi connectivity index (χ3n) is 3.45. The van der Waals surface area contributed by atoms with E-state index in [0.717, 1.165) is 28.0 Å². The molecule has 2 aromatic rings. The zero-order chi connectivity index (χ0) is 19.9. The predicted molar refractivity (Wildman–Crippen MR) is 117 cm³/mol. The average Bonchev–Trinajstić information content (AvgIpc) is 3.08. The van der Waals surface area contributed by atoms with Gasteiger partial charge in [-0.25, -0.2) is 4.98 Å². The molecule has 0 bridgehead atoms. The van der Waals surface area contributed by atoms with Gasteiger partial charge >= 0.3 is 6.18 Å². The van der Waals surface area contributed by atoms with E-state index in [9.17, 15) is 13.2 Å². The summed E-state index contributed by atoms with van der Waals surface area (Å²) >= 11 is 1.01. The highest BCUT2D eigenvalue weighted by molar-refractivity contribution is 14.0. The molecular formula is C18H24F3IN4OS. The van der Waals surface area contributed by atoms with Crippen LogP contribution in [-0.4, -0.2) is 30.6 Å². The van der Waals surface area contributed by atoms with Crippen molar-refractivity contribution >= 4 is 41.3 Å². The summed E-state index contributed by atoms with van der Waals surface area (Å²) in [5, 5.41) is 7.71. The molecule has 156 valence electrons. The number of hydrogen-bond acceptors (Lipinski definition) is 4. The van der Waals surface area contributed by atoms with Crippen molar-refractivity contribution in [3.8, 4) is 5.75 Å². The molecule has 0 fully saturated rings. The highest BCUT2D eigenvalue weighted by Crippen LogP contribution is 2.29. The Labute approximate surface area is 183 Å². The van der Waals surface area contributed by atoms with Crippen molar-refractivity contribution in [2.75, 3.05) is 13.6 Å². The lowest BCUT2D eigenvalue weighted by Gasteiger charge is -2.13. The zero-order valence-corrected chi connectivity index (χ0v) is 19.0. The van der Waals surface area contributed by atoms with Crippen molar-refractivity contribution in [2.24, 2.45) is 4.99 Å². The molecule has 5 nitrogen and oxygen atoms in total. The van der Waals surface area contributed by atoms with Crippen LogP contribution in [0.2, 0.25) is 0 Å². The molecule has 2 rings (SSSR count). The summed E-state index contributed by atoms with van der Waals surface area (Å²) in [7, 11) is 1.64. The number of benzene rings is 1. The van der Waals surface area contributed by atoms with Crippen LogP contribution in [0.4, 0.5) is 13.2 Å². The number of halogens is 4. The van der Waals surface area contributed by atoms with Crippen LogP contribution in [0.15, 0.2) is 34.6 Å². The van der Waals surface area contributed by atoms with Crippen LogP contribution in [0.1, 0.15) is 30.1 Å². The van der Waals surface area contributed by atoms with Crippen molar-refractivity contribution in [1.29, 1.82) is 0 Å². The van der Waals surface area contributed by atoms with Crippen molar-refractivity contribution in [3.05, 3.63) is 45.9 Å². The number of alkyl halides is 3. The third kappa shape index (κ3) is 8.21. The van der Waals surface area contributed by atoms with Crippen molar-refractivity contribution < 1.29 is 17.9 Å². The van der Waals surface area contributed by atoms with E-state index in [1.165, 1.54) is 0 Å². The summed E-state index contributed by atoms with van der Waals surface area (Å²) in [6.07, 6.45) is -3.87. The minimum absolute atomic E-state index is 0. The Morgan fingerprint density at radius 3 is 2.43 bits per heavy atom. The van der Waals surface area contributed by atoms with E-state index < -0.39 is 11.9 Å². The minimum Gasteiger partial charge on any atom is -0.491 e. The minimum atomic E-state index is -4.39. The summed E-state index contributed by atoms with van der Waals surface area (Å²) in [6.45, 7) is 4.95. The van der Waals surface area contributed by atoms with Gasteiger partial charge in [-0.15, -0.1) is 35.3 Å². The molecule has 0 unspecified atom stereocenters. The van der Waals surface area contributed by atoms with Crippen LogP contribution in [0, 0.1) is 0 Å². The van der Waals surface area contributed by atoms with Crippen LogP contribution >= 0.6 is 35.3 Å². The molecule has 0 amide bonds. The number of thiazole rings is 1. The number of aliphatic imine (C=N–C) groups is 1. The van der Waals surface area contributed by atoms with Gasteiger partial charge in [0.2, 0.25) is 0 Å². The molecule has 2 N–H and O–H groups in total. The van der Waals surface area contributed by atoms with Crippen LogP contribution in [0.25, 0.3) is 0 Å². The molecule has 10 heteroatoms. The Morgan fingerprint density at radius 2 is 1.89 bits per heavy atom. The van der Waals surface area contributed by atoms with E-state index in [1.54, 1.807) is 7.05 Å². The topological polar surface area (TPSA) is 58.5 Å². The molecule has 0 aliphatic rings. The van der Waals surface area contributed by atoms with Gasteiger partial charge in [-0.05, 0) is 31.5 Å². The second kappa shape index (κ2) is 11.4. The van der Waals surface area contributed by atoms with Crippen molar-refractivity contribution in [1.82, 2.24) is 15.6 Å². The first kappa shape index (κ1) is 24.5. The lowest BCUT2D eigenvalue weighted by atomic mass is 10.2. The monoisotopic (exact) mass is 528 g/mol. The highest BCUT2D eigenvalue weighted by atomic mass is 127. The van der Waals surface area contributed by atoms with Gasteiger partial charge in [0.05, 0.1) is 11.1 Å². The molecule has 0 saturated carbocycles. The second-order valence-electron chi connectivity index (χ2n) is 6.04. The standard InChI is InChI=1S/C18H23F3N4OS.HI/c1-12(2)26-14-6-4-13(5-7-14)10-24-17(22-3)23-9-8-16-25-15(11-27-16)18(19,20)21;/h4-7,11-12H,8-10H2,1-3H3,(H2,22,23,24);1H. The molecule has 0 spiro atoms. The molecule has 0 aliphatic heterocycles. The van der Waals surface area contributed by atoms with Crippen LogP contribution in [-0.2, 0) is 19.1 Å². The summed E-state index contributed by atoms with van der Waals surface area (Å²) in [4.78, 5) is 7.72. The lowest BCUT2D eigenvalue weighted by molar-refractivity contribution is -0.140. The fraction of sp³-hybridized carbons (Fsp3) is 0.444. The number of guanidine groups is 1. The maximum Gasteiger partial charge on any atom is 0.434 e. The molecule has 1 aromatic carbocycles. The van der Waals surface area contributed by atoms with E-state index in [4.69, 9.17) is 4.74 Å². The quantitative estimate of drug-likeness (QED) is 0.316. The maximum absolute atomic E-state index is 12.5. The van der Waals surface area contributed by atoms with E-state index in [2.05, 4.69) is 20.6 Å². The first-order valence-electron chi connectivity index (χ1n) is 8.49. The summed E-state index contributed by atoms with van der Waals surface area (Å²) < 4.78 is 43.2. The van der Waals surface area contributed by atoms with Crippen molar-refractivity contribution in [3.63, 3.8) is 0 Å². The van der Waals surface area contributed by atoms with Gasteiger partial charge < -0.3 is 15.4 Å². The van der Waals surface area contributed by atoms with E-state index in [-0.39, 0.29) is 30.1 Å². The summed E-state index contributed by atoms with van der Waals surface area (Å²) in [5.41, 5.74) is 0.221. The first-order chi connectivity index (χ1) is 12.8. The van der Waals surface area contributed by atoms with Gasteiger partial charge in [0.15, 0.2) is 11.7 Å². The Kier molecular flexibility index (Phi) is 10.0. The summed E-state index contributed by atoms with van der Waals surface area (Å²) in [6, 6.07) is 7.75. The Balaban J connectivity index is 0.00000392.